The molecule has 2 rings (SSSR count). The van der Waals surface area contributed by atoms with Gasteiger partial charge in [-0.1, -0.05) is 44.9 Å². The standard InChI is InChI=1S/C17H26N2/c1-3-5-7-12-17-18(13-4-2)14-15-19(17)16-10-8-6-9-11-16/h6,8-11,14-15,17H,3-5,7,12-13H2,1-2H3. The molecule has 0 radical (unpaired) electrons. The maximum absolute atomic E-state index is 2.49. The van der Waals surface area contributed by atoms with Crippen LogP contribution < -0.4 is 4.90 Å². The lowest BCUT2D eigenvalue weighted by Gasteiger charge is -2.33. The topological polar surface area (TPSA) is 6.48 Å². The summed E-state index contributed by atoms with van der Waals surface area (Å²) in [4.78, 5) is 4.91. The van der Waals surface area contributed by atoms with Gasteiger partial charge >= 0.3 is 0 Å². The molecule has 104 valence electrons. The third-order valence-corrected chi connectivity index (χ3v) is 3.72. The van der Waals surface area contributed by atoms with Crippen LogP contribution in [0.4, 0.5) is 5.69 Å². The van der Waals surface area contributed by atoms with Crippen molar-refractivity contribution in [1.29, 1.82) is 0 Å². The highest BCUT2D eigenvalue weighted by atomic mass is 15.4. The number of benzene rings is 1. The van der Waals surface area contributed by atoms with Crippen LogP contribution in [0, 0.1) is 0 Å². The first-order valence-corrected chi connectivity index (χ1v) is 7.64. The van der Waals surface area contributed by atoms with E-state index in [0.717, 1.165) is 6.54 Å². The van der Waals surface area contributed by atoms with E-state index >= 15 is 0 Å². The third kappa shape index (κ3) is 3.52. The van der Waals surface area contributed by atoms with Crippen LogP contribution in [0.25, 0.3) is 0 Å². The Bertz CT molecular complexity index is 386. The van der Waals surface area contributed by atoms with Gasteiger partial charge in [0.15, 0.2) is 0 Å². The second kappa shape index (κ2) is 7.22. The summed E-state index contributed by atoms with van der Waals surface area (Å²) in [5.41, 5.74) is 1.30. The monoisotopic (exact) mass is 258 g/mol. The minimum absolute atomic E-state index is 0.508. The molecule has 0 aromatic heterocycles. The van der Waals surface area contributed by atoms with Crippen molar-refractivity contribution in [3.05, 3.63) is 42.7 Å². The largest absolute Gasteiger partial charge is 0.356 e. The minimum Gasteiger partial charge on any atom is -0.356 e. The SMILES string of the molecule is CCCCCC1N(CCC)C=CN1c1ccccc1. The molecule has 0 fully saturated rings. The predicted molar refractivity (Wildman–Crippen MR) is 83.0 cm³/mol. The van der Waals surface area contributed by atoms with E-state index in [1.54, 1.807) is 0 Å². The Morgan fingerprint density at radius 1 is 0.947 bits per heavy atom. The summed E-state index contributed by atoms with van der Waals surface area (Å²) in [6.07, 6.45) is 11.4. The lowest BCUT2D eigenvalue weighted by molar-refractivity contribution is 0.280. The van der Waals surface area contributed by atoms with Gasteiger partial charge in [0.1, 0.15) is 6.17 Å². The second-order valence-electron chi connectivity index (χ2n) is 5.26. The van der Waals surface area contributed by atoms with E-state index in [1.807, 2.05) is 0 Å². The van der Waals surface area contributed by atoms with E-state index < -0.39 is 0 Å². The molecule has 1 unspecified atom stereocenters. The zero-order valence-electron chi connectivity index (χ0n) is 12.3. The van der Waals surface area contributed by atoms with Gasteiger partial charge in [0, 0.05) is 24.6 Å². The van der Waals surface area contributed by atoms with Crippen LogP contribution in [-0.2, 0) is 0 Å². The lowest BCUT2D eigenvalue weighted by Crippen LogP contribution is -2.39. The number of nitrogens with zero attached hydrogens (tertiary/aromatic N) is 2. The number of unbranched alkanes of at least 4 members (excludes halogenated alkanes) is 2. The van der Waals surface area contributed by atoms with Crippen LogP contribution in [0.2, 0.25) is 0 Å². The molecule has 0 spiro atoms. The Balaban J connectivity index is 2.06. The summed E-state index contributed by atoms with van der Waals surface area (Å²) in [5, 5.41) is 0. The maximum Gasteiger partial charge on any atom is 0.105 e. The minimum atomic E-state index is 0.508. The average Bonchev–Trinajstić information content (AvgIpc) is 2.84. The molecule has 19 heavy (non-hydrogen) atoms. The van der Waals surface area contributed by atoms with Crippen molar-refractivity contribution in [3.8, 4) is 0 Å². The fourth-order valence-electron chi connectivity index (χ4n) is 2.74. The molecular formula is C17H26N2. The molecule has 0 bridgehead atoms. The Hall–Kier alpha value is -1.44. The summed E-state index contributed by atoms with van der Waals surface area (Å²) < 4.78 is 0. The van der Waals surface area contributed by atoms with Crippen molar-refractivity contribution in [2.24, 2.45) is 0 Å². The highest BCUT2D eigenvalue weighted by Crippen LogP contribution is 2.27. The molecule has 2 nitrogen and oxygen atoms in total. The Morgan fingerprint density at radius 2 is 1.74 bits per heavy atom. The van der Waals surface area contributed by atoms with Gasteiger partial charge in [0.25, 0.3) is 0 Å². The van der Waals surface area contributed by atoms with E-state index in [2.05, 4.69) is 66.4 Å². The van der Waals surface area contributed by atoms with Crippen LogP contribution in [0.15, 0.2) is 42.7 Å². The number of anilines is 1. The van der Waals surface area contributed by atoms with E-state index in [1.165, 1.54) is 37.8 Å². The van der Waals surface area contributed by atoms with Crippen molar-refractivity contribution in [1.82, 2.24) is 4.90 Å². The van der Waals surface area contributed by atoms with Gasteiger partial charge in [0.05, 0.1) is 0 Å². The fraction of sp³-hybridized carbons (Fsp3) is 0.529. The first kappa shape index (κ1) is 14.0. The van der Waals surface area contributed by atoms with Crippen molar-refractivity contribution < 1.29 is 0 Å². The van der Waals surface area contributed by atoms with Gasteiger partial charge < -0.3 is 9.80 Å². The number of para-hydroxylation sites is 1. The molecule has 0 amide bonds. The van der Waals surface area contributed by atoms with E-state index in [-0.39, 0.29) is 0 Å². The van der Waals surface area contributed by atoms with Gasteiger partial charge in [-0.05, 0) is 31.4 Å². The summed E-state index contributed by atoms with van der Waals surface area (Å²) in [5.74, 6) is 0. The molecule has 1 aliphatic rings. The highest BCUT2D eigenvalue weighted by Gasteiger charge is 2.25. The average molecular weight is 258 g/mol. The van der Waals surface area contributed by atoms with Crippen molar-refractivity contribution in [3.63, 3.8) is 0 Å². The normalized spacial score (nSPS) is 18.3. The van der Waals surface area contributed by atoms with E-state index in [0.29, 0.717) is 6.17 Å². The summed E-state index contributed by atoms with van der Waals surface area (Å²) in [6.45, 7) is 5.67. The van der Waals surface area contributed by atoms with Crippen LogP contribution in [-0.4, -0.2) is 17.6 Å². The van der Waals surface area contributed by atoms with Gasteiger partial charge in [-0.25, -0.2) is 0 Å². The highest BCUT2D eigenvalue weighted by molar-refractivity contribution is 5.51. The molecule has 1 aromatic rings. The number of hydrogen-bond donors (Lipinski definition) is 0. The quantitative estimate of drug-likeness (QED) is 0.660. The Kier molecular flexibility index (Phi) is 5.31. The van der Waals surface area contributed by atoms with E-state index in [9.17, 15) is 0 Å². The Morgan fingerprint density at radius 3 is 2.42 bits per heavy atom. The molecule has 0 N–H and O–H groups in total. The Labute approximate surface area is 117 Å². The zero-order valence-corrected chi connectivity index (χ0v) is 12.3. The van der Waals surface area contributed by atoms with Crippen molar-refractivity contribution in [2.75, 3.05) is 11.4 Å². The predicted octanol–water partition coefficient (Wildman–Crippen LogP) is 4.60. The second-order valence-corrected chi connectivity index (χ2v) is 5.26. The van der Waals surface area contributed by atoms with Crippen molar-refractivity contribution in [2.45, 2.75) is 52.1 Å². The molecule has 2 heteroatoms. The molecule has 0 saturated carbocycles. The molecule has 1 aromatic carbocycles. The van der Waals surface area contributed by atoms with Gasteiger partial charge in [-0.15, -0.1) is 0 Å². The zero-order chi connectivity index (χ0) is 13.5. The van der Waals surface area contributed by atoms with Gasteiger partial charge in [-0.2, -0.15) is 0 Å². The summed E-state index contributed by atoms with van der Waals surface area (Å²) in [7, 11) is 0. The maximum atomic E-state index is 2.49. The van der Waals surface area contributed by atoms with E-state index in [4.69, 9.17) is 0 Å². The molecule has 1 atom stereocenters. The number of rotatable bonds is 7. The van der Waals surface area contributed by atoms with Crippen LogP contribution in [0.1, 0.15) is 46.0 Å². The van der Waals surface area contributed by atoms with Gasteiger partial charge in [-0.3, -0.25) is 0 Å². The molecule has 1 heterocycles. The van der Waals surface area contributed by atoms with Crippen LogP contribution in [0.3, 0.4) is 0 Å². The van der Waals surface area contributed by atoms with Crippen LogP contribution in [0.5, 0.6) is 0 Å². The summed E-state index contributed by atoms with van der Waals surface area (Å²) in [6, 6.07) is 10.7. The number of hydrogen-bond acceptors (Lipinski definition) is 2. The molecular weight excluding hydrogens is 232 g/mol. The molecule has 0 saturated heterocycles. The molecule has 0 aliphatic carbocycles. The fourth-order valence-corrected chi connectivity index (χ4v) is 2.74. The summed E-state index contributed by atoms with van der Waals surface area (Å²) >= 11 is 0. The first-order valence-electron chi connectivity index (χ1n) is 7.64. The van der Waals surface area contributed by atoms with Gasteiger partial charge in [0.2, 0.25) is 0 Å². The lowest BCUT2D eigenvalue weighted by atomic mass is 10.1. The molecule has 1 aliphatic heterocycles. The van der Waals surface area contributed by atoms with Crippen LogP contribution >= 0.6 is 0 Å². The first-order chi connectivity index (χ1) is 9.36. The third-order valence-electron chi connectivity index (χ3n) is 3.72. The smallest absolute Gasteiger partial charge is 0.105 e. The van der Waals surface area contributed by atoms with Crippen molar-refractivity contribution >= 4 is 5.69 Å².